The molecule has 0 fully saturated rings. The van der Waals surface area contributed by atoms with Gasteiger partial charge in [-0.05, 0) is 55.4 Å². The number of pyridine rings is 1. The molecular formula is C17H19NO. The van der Waals surface area contributed by atoms with Crippen LogP contribution in [0.4, 0.5) is 0 Å². The molecule has 1 aliphatic rings. The number of aliphatic hydroxyl groups is 1. The van der Waals surface area contributed by atoms with Crippen molar-refractivity contribution < 1.29 is 5.11 Å². The minimum absolute atomic E-state index is 0.774. The predicted octanol–water partition coefficient (Wildman–Crippen LogP) is 3.35. The van der Waals surface area contributed by atoms with E-state index in [9.17, 15) is 5.11 Å². The first-order chi connectivity index (χ1) is 9.22. The van der Waals surface area contributed by atoms with Gasteiger partial charge in [0, 0.05) is 18.0 Å². The van der Waals surface area contributed by atoms with Crippen molar-refractivity contribution in [2.45, 2.75) is 38.2 Å². The monoisotopic (exact) mass is 253 g/mol. The molecule has 0 amide bonds. The van der Waals surface area contributed by atoms with Gasteiger partial charge in [0.15, 0.2) is 0 Å². The smallest absolute Gasteiger partial charge is 0.117 e. The lowest BCUT2D eigenvalue weighted by molar-refractivity contribution is 0.0694. The van der Waals surface area contributed by atoms with Crippen molar-refractivity contribution in [3.63, 3.8) is 0 Å². The molecule has 3 rings (SSSR count). The van der Waals surface area contributed by atoms with Crippen LogP contribution in [-0.2, 0) is 12.0 Å². The quantitative estimate of drug-likeness (QED) is 0.791. The first-order valence-corrected chi connectivity index (χ1v) is 6.94. The van der Waals surface area contributed by atoms with Gasteiger partial charge in [0.25, 0.3) is 0 Å². The highest BCUT2D eigenvalue weighted by atomic mass is 16.3. The molecular weight excluding hydrogens is 234 g/mol. The van der Waals surface area contributed by atoms with Crippen LogP contribution in [-0.4, -0.2) is 10.1 Å². The normalized spacial score (nSPS) is 22.6. The van der Waals surface area contributed by atoms with Crippen LogP contribution in [0.15, 0.2) is 42.7 Å². The molecule has 0 spiro atoms. The van der Waals surface area contributed by atoms with Gasteiger partial charge in [0.05, 0.1) is 0 Å². The van der Waals surface area contributed by atoms with Crippen molar-refractivity contribution in [1.82, 2.24) is 4.98 Å². The van der Waals surface area contributed by atoms with Crippen molar-refractivity contribution in [2.75, 3.05) is 0 Å². The molecule has 1 N–H and O–H groups in total. The Bertz CT molecular complexity index is 593. The largest absolute Gasteiger partial charge is 0.380 e. The molecule has 1 atom stereocenters. The molecule has 19 heavy (non-hydrogen) atoms. The minimum Gasteiger partial charge on any atom is -0.380 e. The number of fused-ring (bicyclic) bond motifs is 1. The Kier molecular flexibility index (Phi) is 3.11. The second-order valence-corrected chi connectivity index (χ2v) is 5.42. The van der Waals surface area contributed by atoms with E-state index in [1.165, 1.54) is 5.56 Å². The number of hydrogen-bond donors (Lipinski definition) is 1. The first kappa shape index (κ1) is 12.4. The Hall–Kier alpha value is -1.67. The van der Waals surface area contributed by atoms with E-state index in [-0.39, 0.29) is 0 Å². The van der Waals surface area contributed by atoms with E-state index >= 15 is 0 Å². The van der Waals surface area contributed by atoms with Gasteiger partial charge in [-0.2, -0.15) is 0 Å². The molecule has 0 radical (unpaired) electrons. The lowest BCUT2D eigenvalue weighted by atomic mass is 9.81. The lowest BCUT2D eigenvalue weighted by Gasteiger charge is -2.30. The van der Waals surface area contributed by atoms with Crippen LogP contribution in [0.1, 0.15) is 41.5 Å². The van der Waals surface area contributed by atoms with Gasteiger partial charge in [-0.1, -0.05) is 24.3 Å². The fourth-order valence-corrected chi connectivity index (χ4v) is 3.15. The van der Waals surface area contributed by atoms with Crippen molar-refractivity contribution in [1.29, 1.82) is 0 Å². The van der Waals surface area contributed by atoms with Gasteiger partial charge in [-0.3, -0.25) is 4.98 Å². The van der Waals surface area contributed by atoms with Gasteiger partial charge < -0.3 is 5.11 Å². The maximum Gasteiger partial charge on any atom is 0.117 e. The number of nitrogens with zero attached hydrogens (tertiary/aromatic N) is 1. The second kappa shape index (κ2) is 4.78. The zero-order valence-electron chi connectivity index (χ0n) is 11.3. The SMILES string of the molecule is Cc1ccncc1C1(O)CCCCc2ccccc21. The fraction of sp³-hybridized carbons (Fsp3) is 0.353. The van der Waals surface area contributed by atoms with Gasteiger partial charge in [-0.25, -0.2) is 0 Å². The first-order valence-electron chi connectivity index (χ1n) is 6.94. The summed E-state index contributed by atoms with van der Waals surface area (Å²) in [5.74, 6) is 0. The Morgan fingerprint density at radius 2 is 1.95 bits per heavy atom. The Balaban J connectivity index is 2.20. The van der Waals surface area contributed by atoms with Crippen molar-refractivity contribution >= 4 is 0 Å². The number of aromatic nitrogens is 1. The zero-order valence-corrected chi connectivity index (χ0v) is 11.3. The lowest BCUT2D eigenvalue weighted by Crippen LogP contribution is -2.28. The van der Waals surface area contributed by atoms with Gasteiger partial charge >= 0.3 is 0 Å². The zero-order chi connectivity index (χ0) is 13.3. The van der Waals surface area contributed by atoms with Crippen LogP contribution in [0.5, 0.6) is 0 Å². The molecule has 2 heteroatoms. The molecule has 1 aliphatic carbocycles. The number of hydrogen-bond acceptors (Lipinski definition) is 2. The third kappa shape index (κ3) is 2.06. The fourth-order valence-electron chi connectivity index (χ4n) is 3.15. The molecule has 0 aliphatic heterocycles. The molecule has 1 unspecified atom stereocenters. The highest BCUT2D eigenvalue weighted by molar-refractivity contribution is 5.43. The summed E-state index contributed by atoms with van der Waals surface area (Å²) in [6.07, 6.45) is 7.61. The molecule has 1 aromatic heterocycles. The van der Waals surface area contributed by atoms with Crippen LogP contribution in [0.3, 0.4) is 0 Å². The molecule has 1 heterocycles. The third-order valence-electron chi connectivity index (χ3n) is 4.18. The minimum atomic E-state index is -0.883. The molecule has 0 saturated carbocycles. The van der Waals surface area contributed by atoms with Crippen LogP contribution in [0.25, 0.3) is 0 Å². The summed E-state index contributed by atoms with van der Waals surface area (Å²) in [6.45, 7) is 2.04. The van der Waals surface area contributed by atoms with Crippen molar-refractivity contribution in [3.05, 3.63) is 65.0 Å². The van der Waals surface area contributed by atoms with E-state index in [0.29, 0.717) is 0 Å². The summed E-state index contributed by atoms with van der Waals surface area (Å²) in [5.41, 5.74) is 3.50. The summed E-state index contributed by atoms with van der Waals surface area (Å²) >= 11 is 0. The molecule has 0 bridgehead atoms. The van der Waals surface area contributed by atoms with E-state index < -0.39 is 5.60 Å². The Morgan fingerprint density at radius 3 is 2.79 bits per heavy atom. The van der Waals surface area contributed by atoms with Crippen LogP contribution >= 0.6 is 0 Å². The maximum absolute atomic E-state index is 11.3. The number of aryl methyl sites for hydroxylation is 2. The van der Waals surface area contributed by atoms with Crippen LogP contribution in [0.2, 0.25) is 0 Å². The molecule has 98 valence electrons. The standard InChI is InChI=1S/C17H19NO/c1-13-9-11-18-12-16(13)17(19)10-5-4-7-14-6-2-3-8-15(14)17/h2-3,6,8-9,11-12,19H,4-5,7,10H2,1H3. The van der Waals surface area contributed by atoms with E-state index in [1.54, 1.807) is 6.20 Å². The third-order valence-corrected chi connectivity index (χ3v) is 4.18. The Labute approximate surface area is 114 Å². The van der Waals surface area contributed by atoms with E-state index in [2.05, 4.69) is 23.2 Å². The van der Waals surface area contributed by atoms with Crippen molar-refractivity contribution in [3.8, 4) is 0 Å². The highest BCUT2D eigenvalue weighted by Crippen LogP contribution is 2.40. The van der Waals surface area contributed by atoms with E-state index in [0.717, 1.165) is 42.4 Å². The molecule has 0 saturated heterocycles. The molecule has 2 aromatic rings. The van der Waals surface area contributed by atoms with Gasteiger partial charge in [0.2, 0.25) is 0 Å². The second-order valence-electron chi connectivity index (χ2n) is 5.42. The van der Waals surface area contributed by atoms with Crippen LogP contribution in [0, 0.1) is 6.92 Å². The number of rotatable bonds is 1. The van der Waals surface area contributed by atoms with Gasteiger partial charge in [0.1, 0.15) is 5.60 Å². The van der Waals surface area contributed by atoms with Crippen LogP contribution < -0.4 is 0 Å². The maximum atomic E-state index is 11.3. The van der Waals surface area contributed by atoms with Crippen molar-refractivity contribution in [2.24, 2.45) is 0 Å². The number of benzene rings is 1. The summed E-state index contributed by atoms with van der Waals surface area (Å²) in [6, 6.07) is 10.2. The van der Waals surface area contributed by atoms with E-state index in [1.807, 2.05) is 25.3 Å². The summed E-state index contributed by atoms with van der Waals surface area (Å²) in [5, 5.41) is 11.3. The summed E-state index contributed by atoms with van der Waals surface area (Å²) < 4.78 is 0. The highest BCUT2D eigenvalue weighted by Gasteiger charge is 2.35. The molecule has 2 nitrogen and oxygen atoms in total. The average Bonchev–Trinajstić information content (AvgIpc) is 2.60. The predicted molar refractivity (Wildman–Crippen MR) is 76.0 cm³/mol. The van der Waals surface area contributed by atoms with Gasteiger partial charge in [-0.15, -0.1) is 0 Å². The Morgan fingerprint density at radius 1 is 1.11 bits per heavy atom. The average molecular weight is 253 g/mol. The molecule has 1 aromatic carbocycles. The summed E-state index contributed by atoms with van der Waals surface area (Å²) in [4.78, 5) is 4.21. The topological polar surface area (TPSA) is 33.1 Å². The summed E-state index contributed by atoms with van der Waals surface area (Å²) in [7, 11) is 0. The van der Waals surface area contributed by atoms with E-state index in [4.69, 9.17) is 0 Å².